The predicted molar refractivity (Wildman–Crippen MR) is 80.5 cm³/mol. The Labute approximate surface area is 124 Å². The molecule has 0 aromatic carbocycles. The first kappa shape index (κ1) is 16.6. The summed E-state index contributed by atoms with van der Waals surface area (Å²) in [6, 6.07) is 1.54. The molecular formula is C13H21BrN2O2S. The minimum Gasteiger partial charge on any atom is -0.262 e. The van der Waals surface area contributed by atoms with Gasteiger partial charge >= 0.3 is 0 Å². The average molecular weight is 349 g/mol. The molecule has 0 unspecified atom stereocenters. The maximum atomic E-state index is 12.6. The van der Waals surface area contributed by atoms with E-state index in [1.807, 2.05) is 13.8 Å². The molecule has 1 aromatic heterocycles. The molecule has 0 aliphatic rings. The standard InChI is InChI=1S/C13H21BrN2O2S/c1-4-5-6-7-16(11(2)3)19(17,18)13-8-12(14)9-15-10-13/h8-11H,4-7H2,1-3H3. The van der Waals surface area contributed by atoms with E-state index in [4.69, 9.17) is 0 Å². The molecule has 0 saturated carbocycles. The van der Waals surface area contributed by atoms with Crippen LogP contribution in [0.4, 0.5) is 0 Å². The number of pyridine rings is 1. The third-order valence-corrected chi connectivity index (χ3v) is 5.32. The molecule has 0 atom stereocenters. The van der Waals surface area contributed by atoms with Crippen molar-refractivity contribution in [2.75, 3.05) is 6.54 Å². The van der Waals surface area contributed by atoms with E-state index in [0.29, 0.717) is 11.0 Å². The van der Waals surface area contributed by atoms with Crippen molar-refractivity contribution in [2.24, 2.45) is 0 Å². The van der Waals surface area contributed by atoms with Gasteiger partial charge in [0.15, 0.2) is 0 Å². The van der Waals surface area contributed by atoms with Crippen LogP contribution in [0.15, 0.2) is 27.8 Å². The largest absolute Gasteiger partial charge is 0.262 e. The molecule has 0 fully saturated rings. The van der Waals surface area contributed by atoms with Crippen molar-refractivity contribution >= 4 is 26.0 Å². The van der Waals surface area contributed by atoms with Gasteiger partial charge in [0.25, 0.3) is 0 Å². The minimum atomic E-state index is -3.46. The first-order valence-electron chi connectivity index (χ1n) is 6.52. The van der Waals surface area contributed by atoms with Gasteiger partial charge in [-0.3, -0.25) is 4.98 Å². The van der Waals surface area contributed by atoms with Crippen molar-refractivity contribution in [3.63, 3.8) is 0 Å². The summed E-state index contributed by atoms with van der Waals surface area (Å²) in [6.45, 7) is 6.45. The molecule has 0 bridgehead atoms. The van der Waals surface area contributed by atoms with E-state index in [1.165, 1.54) is 6.20 Å². The third-order valence-electron chi connectivity index (χ3n) is 2.84. The van der Waals surface area contributed by atoms with Gasteiger partial charge in [-0.25, -0.2) is 8.42 Å². The Kier molecular flexibility index (Phi) is 6.42. The van der Waals surface area contributed by atoms with E-state index >= 15 is 0 Å². The molecule has 0 saturated heterocycles. The maximum absolute atomic E-state index is 12.6. The monoisotopic (exact) mass is 348 g/mol. The van der Waals surface area contributed by atoms with E-state index in [2.05, 4.69) is 27.8 Å². The Balaban J connectivity index is 2.99. The summed E-state index contributed by atoms with van der Waals surface area (Å²) in [5.41, 5.74) is 0. The Morgan fingerprint density at radius 1 is 1.32 bits per heavy atom. The number of hydrogen-bond acceptors (Lipinski definition) is 3. The van der Waals surface area contributed by atoms with Crippen LogP contribution in [0.1, 0.15) is 40.0 Å². The summed E-state index contributed by atoms with van der Waals surface area (Å²) in [6.07, 6.45) is 5.97. The summed E-state index contributed by atoms with van der Waals surface area (Å²) < 4.78 is 27.4. The van der Waals surface area contributed by atoms with Crippen molar-refractivity contribution in [3.05, 3.63) is 22.9 Å². The van der Waals surface area contributed by atoms with Gasteiger partial charge in [0.1, 0.15) is 4.90 Å². The van der Waals surface area contributed by atoms with Gasteiger partial charge in [0.05, 0.1) is 0 Å². The lowest BCUT2D eigenvalue weighted by Gasteiger charge is -2.25. The van der Waals surface area contributed by atoms with E-state index in [9.17, 15) is 8.42 Å². The molecule has 0 aliphatic carbocycles. The maximum Gasteiger partial charge on any atom is 0.244 e. The van der Waals surface area contributed by atoms with Crippen LogP contribution in [-0.4, -0.2) is 30.3 Å². The van der Waals surface area contributed by atoms with Gasteiger partial charge < -0.3 is 0 Å². The summed E-state index contributed by atoms with van der Waals surface area (Å²) in [5.74, 6) is 0. The van der Waals surface area contributed by atoms with Crippen LogP contribution in [0.2, 0.25) is 0 Å². The molecule has 4 nitrogen and oxygen atoms in total. The van der Waals surface area contributed by atoms with Crippen LogP contribution in [0.5, 0.6) is 0 Å². The first-order valence-corrected chi connectivity index (χ1v) is 8.75. The van der Waals surface area contributed by atoms with Crippen molar-refractivity contribution in [3.8, 4) is 0 Å². The Bertz CT molecular complexity index is 503. The summed E-state index contributed by atoms with van der Waals surface area (Å²) in [4.78, 5) is 4.18. The number of hydrogen-bond donors (Lipinski definition) is 0. The van der Waals surface area contributed by atoms with Gasteiger partial charge in [-0.15, -0.1) is 0 Å². The number of unbranched alkanes of at least 4 members (excludes halogenated alkanes) is 2. The molecule has 0 spiro atoms. The number of sulfonamides is 1. The molecule has 1 aromatic rings. The SMILES string of the molecule is CCCCCN(C(C)C)S(=O)(=O)c1cncc(Br)c1. The number of aromatic nitrogens is 1. The minimum absolute atomic E-state index is 0.0548. The Hall–Kier alpha value is -0.460. The average Bonchev–Trinajstić information content (AvgIpc) is 2.34. The zero-order valence-electron chi connectivity index (χ0n) is 11.6. The van der Waals surface area contributed by atoms with Gasteiger partial charge in [-0.05, 0) is 42.3 Å². The fraction of sp³-hybridized carbons (Fsp3) is 0.615. The predicted octanol–water partition coefficient (Wildman–Crippen LogP) is 3.43. The van der Waals surface area contributed by atoms with Crippen LogP contribution < -0.4 is 0 Å². The normalized spacial score (nSPS) is 12.3. The Morgan fingerprint density at radius 2 is 2.00 bits per heavy atom. The molecule has 1 heterocycles. The Morgan fingerprint density at radius 3 is 2.53 bits per heavy atom. The molecule has 0 radical (unpaired) electrons. The topological polar surface area (TPSA) is 50.3 Å². The highest BCUT2D eigenvalue weighted by Gasteiger charge is 2.26. The number of halogens is 1. The van der Waals surface area contributed by atoms with Gasteiger partial charge in [0.2, 0.25) is 10.0 Å². The second-order valence-corrected chi connectivity index (χ2v) is 7.56. The van der Waals surface area contributed by atoms with E-state index in [-0.39, 0.29) is 10.9 Å². The second kappa shape index (κ2) is 7.36. The summed E-state index contributed by atoms with van der Waals surface area (Å²) in [7, 11) is -3.46. The van der Waals surface area contributed by atoms with Crippen LogP contribution in [-0.2, 0) is 10.0 Å². The molecule has 1 rings (SSSR count). The zero-order valence-corrected chi connectivity index (χ0v) is 14.0. The lowest BCUT2D eigenvalue weighted by molar-refractivity contribution is 0.345. The zero-order chi connectivity index (χ0) is 14.5. The molecule has 19 heavy (non-hydrogen) atoms. The quantitative estimate of drug-likeness (QED) is 0.709. The summed E-state index contributed by atoms with van der Waals surface area (Å²) in [5, 5.41) is 0. The molecule has 0 N–H and O–H groups in total. The first-order chi connectivity index (χ1) is 8.89. The van der Waals surface area contributed by atoms with Crippen LogP contribution in [0.25, 0.3) is 0 Å². The molecule has 6 heteroatoms. The van der Waals surface area contributed by atoms with Crippen molar-refractivity contribution < 1.29 is 8.42 Å². The fourth-order valence-electron chi connectivity index (χ4n) is 1.84. The lowest BCUT2D eigenvalue weighted by Crippen LogP contribution is -2.37. The van der Waals surface area contributed by atoms with Crippen LogP contribution in [0, 0.1) is 0 Å². The molecule has 0 aliphatic heterocycles. The van der Waals surface area contributed by atoms with Crippen molar-refractivity contribution in [1.29, 1.82) is 0 Å². The second-order valence-electron chi connectivity index (χ2n) is 4.76. The number of rotatable bonds is 7. The van der Waals surface area contributed by atoms with Gasteiger partial charge in [-0.1, -0.05) is 19.8 Å². The highest BCUT2D eigenvalue weighted by atomic mass is 79.9. The van der Waals surface area contributed by atoms with Crippen molar-refractivity contribution in [1.82, 2.24) is 9.29 Å². The van der Waals surface area contributed by atoms with E-state index < -0.39 is 10.0 Å². The third kappa shape index (κ3) is 4.54. The van der Waals surface area contributed by atoms with Crippen LogP contribution >= 0.6 is 15.9 Å². The molecular weight excluding hydrogens is 328 g/mol. The van der Waals surface area contributed by atoms with Crippen molar-refractivity contribution in [2.45, 2.75) is 51.0 Å². The van der Waals surface area contributed by atoms with Gasteiger partial charge in [0, 0.05) is 29.5 Å². The number of nitrogens with zero attached hydrogens (tertiary/aromatic N) is 2. The van der Waals surface area contributed by atoms with Gasteiger partial charge in [-0.2, -0.15) is 4.31 Å². The fourth-order valence-corrected chi connectivity index (χ4v) is 4.02. The molecule has 108 valence electrons. The molecule has 0 amide bonds. The highest BCUT2D eigenvalue weighted by Crippen LogP contribution is 2.21. The highest BCUT2D eigenvalue weighted by molar-refractivity contribution is 9.10. The van der Waals surface area contributed by atoms with Crippen LogP contribution in [0.3, 0.4) is 0 Å². The van der Waals surface area contributed by atoms with E-state index in [0.717, 1.165) is 19.3 Å². The summed E-state index contributed by atoms with van der Waals surface area (Å²) >= 11 is 3.26. The van der Waals surface area contributed by atoms with E-state index in [1.54, 1.807) is 16.6 Å². The lowest BCUT2D eigenvalue weighted by atomic mass is 10.2. The smallest absolute Gasteiger partial charge is 0.244 e.